The molecule has 2 N–H and O–H groups in total. The van der Waals surface area contributed by atoms with Crippen LogP contribution in [0.5, 0.6) is 0 Å². The summed E-state index contributed by atoms with van der Waals surface area (Å²) in [6, 6.07) is 2.05. The van der Waals surface area contributed by atoms with Gasteiger partial charge in [0.2, 0.25) is 0 Å². The quantitative estimate of drug-likeness (QED) is 0.835. The maximum atomic E-state index is 5.10. The van der Waals surface area contributed by atoms with Crippen LogP contribution in [0.1, 0.15) is 18.2 Å². The normalized spacial score (nSPS) is 9.86. The van der Waals surface area contributed by atoms with E-state index in [1.165, 1.54) is 4.88 Å². The highest BCUT2D eigenvalue weighted by Gasteiger charge is 2.01. The first-order valence-electron chi connectivity index (χ1n) is 4.47. The first kappa shape index (κ1) is 11.9. The molecule has 0 aromatic carbocycles. The fourth-order valence-corrected chi connectivity index (χ4v) is 2.52. The predicted octanol–water partition coefficient (Wildman–Crippen LogP) is 2.88. The number of hydrogen-bond acceptors (Lipinski definition) is 2. The molecule has 1 aromatic rings. The Hall–Kier alpha value is -0.130. The predicted molar refractivity (Wildman–Crippen MR) is 69.8 cm³/mol. The molecule has 0 bridgehead atoms. The zero-order valence-electron chi connectivity index (χ0n) is 7.97. The SMILES string of the molecule is CCCNC(=S)NCc1sccc1Br. The lowest BCUT2D eigenvalue weighted by Gasteiger charge is -2.08. The summed E-state index contributed by atoms with van der Waals surface area (Å²) < 4.78 is 1.15. The van der Waals surface area contributed by atoms with Gasteiger partial charge in [0, 0.05) is 15.9 Å². The van der Waals surface area contributed by atoms with Crippen molar-refractivity contribution in [2.24, 2.45) is 0 Å². The Balaban J connectivity index is 2.27. The van der Waals surface area contributed by atoms with Crippen LogP contribution >= 0.6 is 39.5 Å². The molecule has 0 unspecified atom stereocenters. The number of halogens is 1. The first-order chi connectivity index (χ1) is 6.74. The highest BCUT2D eigenvalue weighted by atomic mass is 79.9. The van der Waals surface area contributed by atoms with Crippen LogP contribution in [0.15, 0.2) is 15.9 Å². The summed E-state index contributed by atoms with van der Waals surface area (Å²) in [5.41, 5.74) is 0. The molecule has 0 aliphatic heterocycles. The van der Waals surface area contributed by atoms with Crippen molar-refractivity contribution >= 4 is 44.6 Å². The van der Waals surface area contributed by atoms with Gasteiger partial charge in [-0.2, -0.15) is 0 Å². The fourth-order valence-electron chi connectivity index (χ4n) is 0.913. The van der Waals surface area contributed by atoms with Gasteiger partial charge in [0.05, 0.1) is 6.54 Å². The van der Waals surface area contributed by atoms with Crippen molar-refractivity contribution in [1.29, 1.82) is 0 Å². The van der Waals surface area contributed by atoms with Crippen molar-refractivity contribution in [3.8, 4) is 0 Å². The zero-order chi connectivity index (χ0) is 10.4. The molecule has 78 valence electrons. The molecule has 0 radical (unpaired) electrons. The maximum Gasteiger partial charge on any atom is 0.166 e. The number of rotatable bonds is 4. The van der Waals surface area contributed by atoms with Gasteiger partial charge in [-0.1, -0.05) is 6.92 Å². The third-order valence-corrected chi connectivity index (χ3v) is 3.85. The van der Waals surface area contributed by atoms with Gasteiger partial charge in [-0.3, -0.25) is 0 Å². The second-order valence-corrected chi connectivity index (χ2v) is 5.06. The molecule has 1 heterocycles. The average Bonchev–Trinajstić information content (AvgIpc) is 2.58. The molecule has 0 saturated heterocycles. The number of thiocarbonyl (C=S) groups is 1. The van der Waals surface area contributed by atoms with Crippen molar-refractivity contribution in [2.75, 3.05) is 6.54 Å². The molecule has 0 aliphatic carbocycles. The molecule has 14 heavy (non-hydrogen) atoms. The van der Waals surface area contributed by atoms with Crippen LogP contribution in [-0.4, -0.2) is 11.7 Å². The van der Waals surface area contributed by atoms with Gasteiger partial charge in [-0.05, 0) is 46.0 Å². The van der Waals surface area contributed by atoms with Crippen molar-refractivity contribution in [2.45, 2.75) is 19.9 Å². The van der Waals surface area contributed by atoms with E-state index >= 15 is 0 Å². The van der Waals surface area contributed by atoms with Gasteiger partial charge in [0.25, 0.3) is 0 Å². The average molecular weight is 293 g/mol. The summed E-state index contributed by atoms with van der Waals surface area (Å²) >= 11 is 10.3. The topological polar surface area (TPSA) is 24.1 Å². The van der Waals surface area contributed by atoms with Crippen LogP contribution in [-0.2, 0) is 6.54 Å². The molecule has 5 heteroatoms. The molecule has 1 rings (SSSR count). The lowest BCUT2D eigenvalue weighted by molar-refractivity contribution is 0.802. The summed E-state index contributed by atoms with van der Waals surface area (Å²) in [6.45, 7) is 3.83. The second-order valence-electron chi connectivity index (χ2n) is 2.80. The Labute approximate surface area is 102 Å². The van der Waals surface area contributed by atoms with Crippen LogP contribution in [0, 0.1) is 0 Å². The number of nitrogens with one attached hydrogen (secondary N) is 2. The maximum absolute atomic E-state index is 5.10. The molecule has 0 atom stereocenters. The fraction of sp³-hybridized carbons (Fsp3) is 0.444. The highest BCUT2D eigenvalue weighted by molar-refractivity contribution is 9.10. The monoisotopic (exact) mass is 292 g/mol. The standard InChI is InChI=1S/C9H13BrN2S2/c1-2-4-11-9(13)12-6-8-7(10)3-5-14-8/h3,5H,2,4,6H2,1H3,(H2,11,12,13). The molecule has 0 aliphatic rings. The van der Waals surface area contributed by atoms with Gasteiger partial charge in [0.15, 0.2) is 5.11 Å². The molecule has 0 amide bonds. The molecule has 0 spiro atoms. The summed E-state index contributed by atoms with van der Waals surface area (Å²) in [6.07, 6.45) is 1.09. The van der Waals surface area contributed by atoms with E-state index in [0.29, 0.717) is 0 Å². The minimum absolute atomic E-state index is 0.729. The molecule has 2 nitrogen and oxygen atoms in total. The van der Waals surface area contributed by atoms with Gasteiger partial charge in [-0.15, -0.1) is 11.3 Å². The summed E-state index contributed by atoms with van der Waals surface area (Å²) in [5, 5.41) is 9.07. The van der Waals surface area contributed by atoms with E-state index in [1.807, 2.05) is 6.07 Å². The minimum atomic E-state index is 0.729. The van der Waals surface area contributed by atoms with Crippen LogP contribution in [0.4, 0.5) is 0 Å². The second kappa shape index (κ2) is 6.37. The van der Waals surface area contributed by atoms with E-state index in [2.05, 4.69) is 38.9 Å². The number of hydrogen-bond donors (Lipinski definition) is 2. The van der Waals surface area contributed by atoms with Crippen LogP contribution < -0.4 is 10.6 Å². The third kappa shape index (κ3) is 3.94. The Bertz CT molecular complexity index is 299. The number of thiophene rings is 1. The Morgan fingerprint density at radius 1 is 1.57 bits per heavy atom. The van der Waals surface area contributed by atoms with E-state index < -0.39 is 0 Å². The summed E-state index contributed by atoms with van der Waals surface area (Å²) in [5.74, 6) is 0. The zero-order valence-corrected chi connectivity index (χ0v) is 11.2. The molecule has 1 aromatic heterocycles. The lowest BCUT2D eigenvalue weighted by Crippen LogP contribution is -2.34. The lowest BCUT2D eigenvalue weighted by atomic mass is 10.4. The van der Waals surface area contributed by atoms with Gasteiger partial charge >= 0.3 is 0 Å². The van der Waals surface area contributed by atoms with Crippen LogP contribution in [0.3, 0.4) is 0 Å². The first-order valence-corrected chi connectivity index (χ1v) is 6.55. The van der Waals surface area contributed by atoms with Gasteiger partial charge in [0.1, 0.15) is 0 Å². The molecule has 0 saturated carbocycles. The smallest absolute Gasteiger partial charge is 0.166 e. The van der Waals surface area contributed by atoms with Gasteiger partial charge in [-0.25, -0.2) is 0 Å². The van der Waals surface area contributed by atoms with E-state index in [-0.39, 0.29) is 0 Å². The Morgan fingerprint density at radius 3 is 2.93 bits per heavy atom. The van der Waals surface area contributed by atoms with E-state index in [1.54, 1.807) is 11.3 Å². The van der Waals surface area contributed by atoms with Crippen molar-refractivity contribution < 1.29 is 0 Å². The van der Waals surface area contributed by atoms with E-state index in [0.717, 1.165) is 29.1 Å². The highest BCUT2D eigenvalue weighted by Crippen LogP contribution is 2.21. The van der Waals surface area contributed by atoms with Crippen molar-refractivity contribution in [1.82, 2.24) is 10.6 Å². The Morgan fingerprint density at radius 2 is 2.36 bits per heavy atom. The molecular weight excluding hydrogens is 280 g/mol. The van der Waals surface area contributed by atoms with E-state index in [4.69, 9.17) is 12.2 Å². The third-order valence-electron chi connectivity index (χ3n) is 1.64. The van der Waals surface area contributed by atoms with Crippen LogP contribution in [0.2, 0.25) is 0 Å². The summed E-state index contributed by atoms with van der Waals surface area (Å²) in [4.78, 5) is 1.27. The van der Waals surface area contributed by atoms with Crippen molar-refractivity contribution in [3.05, 3.63) is 20.8 Å². The molecular formula is C9H13BrN2S2. The Kier molecular flexibility index (Phi) is 5.44. The van der Waals surface area contributed by atoms with Gasteiger partial charge < -0.3 is 10.6 Å². The molecule has 0 fully saturated rings. The minimum Gasteiger partial charge on any atom is -0.363 e. The van der Waals surface area contributed by atoms with E-state index in [9.17, 15) is 0 Å². The van der Waals surface area contributed by atoms with Crippen molar-refractivity contribution in [3.63, 3.8) is 0 Å². The summed E-state index contributed by atoms with van der Waals surface area (Å²) in [7, 11) is 0. The largest absolute Gasteiger partial charge is 0.363 e. The van der Waals surface area contributed by atoms with Crippen LogP contribution in [0.25, 0.3) is 0 Å².